The second kappa shape index (κ2) is 8.61. The van der Waals surface area contributed by atoms with Crippen LogP contribution in [0.4, 0.5) is 4.79 Å². The lowest BCUT2D eigenvalue weighted by Gasteiger charge is -2.25. The topological polar surface area (TPSA) is 98.7 Å². The van der Waals surface area contributed by atoms with Gasteiger partial charge in [0.1, 0.15) is 0 Å². The van der Waals surface area contributed by atoms with Gasteiger partial charge in [-0.1, -0.05) is 19.8 Å². The normalized spacial score (nSPS) is 16.7. The molecule has 0 aromatic rings. The molecule has 0 heterocycles. The Morgan fingerprint density at radius 3 is 2.38 bits per heavy atom. The summed E-state index contributed by atoms with van der Waals surface area (Å²) in [5.41, 5.74) is 0. The monoisotopic (exact) mass is 299 g/mol. The smallest absolute Gasteiger partial charge is 0.321 e. The van der Waals surface area contributed by atoms with Gasteiger partial charge in [-0.3, -0.25) is 19.8 Å². The number of amides is 3. The van der Waals surface area contributed by atoms with Gasteiger partial charge in [-0.2, -0.15) is 0 Å². The van der Waals surface area contributed by atoms with E-state index < -0.39 is 17.9 Å². The number of nitrogens with one attached hydrogen (secondary N) is 2. The third kappa shape index (κ3) is 6.57. The summed E-state index contributed by atoms with van der Waals surface area (Å²) >= 11 is 0. The molecule has 1 rings (SSSR count). The third-order valence-corrected chi connectivity index (χ3v) is 3.84. The van der Waals surface area contributed by atoms with Crippen LogP contribution in [0.2, 0.25) is 0 Å². The first kappa shape index (κ1) is 17.4. The molecule has 0 aromatic heterocycles. The SMILES string of the molecule is CCC(C)N(CC(=O)O)CC(=O)NC(=O)NC1CCCC1. The number of imide groups is 1. The van der Waals surface area contributed by atoms with E-state index in [1.807, 2.05) is 13.8 Å². The maximum Gasteiger partial charge on any atom is 0.321 e. The maximum atomic E-state index is 11.8. The van der Waals surface area contributed by atoms with Crippen molar-refractivity contribution < 1.29 is 19.5 Å². The summed E-state index contributed by atoms with van der Waals surface area (Å²) in [6.45, 7) is 3.46. The van der Waals surface area contributed by atoms with Crippen molar-refractivity contribution in [3.8, 4) is 0 Å². The molecule has 1 saturated carbocycles. The molecule has 0 bridgehead atoms. The largest absolute Gasteiger partial charge is 0.480 e. The summed E-state index contributed by atoms with van der Waals surface area (Å²) in [5, 5.41) is 13.9. The Morgan fingerprint density at radius 1 is 1.24 bits per heavy atom. The van der Waals surface area contributed by atoms with E-state index in [0.29, 0.717) is 0 Å². The van der Waals surface area contributed by atoms with E-state index in [2.05, 4.69) is 10.6 Å². The second-order valence-corrected chi connectivity index (χ2v) is 5.56. The molecular formula is C14H25N3O4. The number of urea groups is 1. The molecule has 0 spiro atoms. The minimum absolute atomic E-state index is 0.0373. The standard InChI is InChI=1S/C14H25N3O4/c1-3-10(2)17(9-13(19)20)8-12(18)16-14(21)15-11-6-4-5-7-11/h10-11H,3-9H2,1-2H3,(H,19,20)(H2,15,16,18,21). The quantitative estimate of drug-likeness (QED) is 0.650. The molecule has 7 nitrogen and oxygen atoms in total. The van der Waals surface area contributed by atoms with E-state index >= 15 is 0 Å². The van der Waals surface area contributed by atoms with Crippen LogP contribution in [0.5, 0.6) is 0 Å². The van der Waals surface area contributed by atoms with Gasteiger partial charge < -0.3 is 10.4 Å². The van der Waals surface area contributed by atoms with E-state index in [4.69, 9.17) is 5.11 Å². The lowest BCUT2D eigenvalue weighted by atomic mass is 10.2. The molecule has 0 saturated heterocycles. The van der Waals surface area contributed by atoms with Gasteiger partial charge in [0, 0.05) is 12.1 Å². The maximum absolute atomic E-state index is 11.8. The summed E-state index contributed by atoms with van der Waals surface area (Å²) in [6, 6.07) is -0.390. The van der Waals surface area contributed by atoms with Gasteiger partial charge in [0.2, 0.25) is 5.91 Å². The number of carboxylic acid groups (broad SMARTS) is 1. The molecule has 0 radical (unpaired) electrons. The highest BCUT2D eigenvalue weighted by molar-refractivity contribution is 5.95. The minimum atomic E-state index is -0.987. The van der Waals surface area contributed by atoms with E-state index in [1.165, 1.54) is 0 Å². The van der Waals surface area contributed by atoms with Crippen molar-refractivity contribution in [2.75, 3.05) is 13.1 Å². The summed E-state index contributed by atoms with van der Waals surface area (Å²) in [4.78, 5) is 35.9. The fourth-order valence-corrected chi connectivity index (χ4v) is 2.44. The van der Waals surface area contributed by atoms with E-state index in [-0.39, 0.29) is 25.2 Å². The van der Waals surface area contributed by atoms with Crippen LogP contribution in [-0.2, 0) is 9.59 Å². The van der Waals surface area contributed by atoms with Crippen LogP contribution >= 0.6 is 0 Å². The van der Waals surface area contributed by atoms with Crippen molar-refractivity contribution in [1.29, 1.82) is 0 Å². The molecule has 3 N–H and O–H groups in total. The molecule has 0 aromatic carbocycles. The minimum Gasteiger partial charge on any atom is -0.480 e. The number of rotatable bonds is 7. The molecule has 1 aliphatic rings. The molecule has 7 heteroatoms. The molecule has 1 fully saturated rings. The first-order chi connectivity index (χ1) is 9.92. The highest BCUT2D eigenvalue weighted by atomic mass is 16.4. The van der Waals surface area contributed by atoms with E-state index in [0.717, 1.165) is 32.1 Å². The highest BCUT2D eigenvalue weighted by Gasteiger charge is 2.21. The van der Waals surface area contributed by atoms with Gasteiger partial charge >= 0.3 is 12.0 Å². The lowest BCUT2D eigenvalue weighted by Crippen LogP contribution is -2.49. The van der Waals surface area contributed by atoms with Gasteiger partial charge in [-0.15, -0.1) is 0 Å². The van der Waals surface area contributed by atoms with Gasteiger partial charge in [-0.05, 0) is 26.2 Å². The Kier molecular flexibility index (Phi) is 7.14. The second-order valence-electron chi connectivity index (χ2n) is 5.56. The third-order valence-electron chi connectivity index (χ3n) is 3.84. The van der Waals surface area contributed by atoms with Crippen molar-refractivity contribution in [3.05, 3.63) is 0 Å². The van der Waals surface area contributed by atoms with Gasteiger partial charge in [0.15, 0.2) is 0 Å². The Morgan fingerprint density at radius 2 is 1.86 bits per heavy atom. The van der Waals surface area contributed by atoms with Crippen molar-refractivity contribution >= 4 is 17.9 Å². The average molecular weight is 299 g/mol. The van der Waals surface area contributed by atoms with Gasteiger partial charge in [-0.25, -0.2) is 4.79 Å². The Bertz CT molecular complexity index is 380. The summed E-state index contributed by atoms with van der Waals surface area (Å²) in [5.74, 6) is -1.47. The summed E-state index contributed by atoms with van der Waals surface area (Å²) in [6.07, 6.45) is 4.81. The zero-order chi connectivity index (χ0) is 15.8. The highest BCUT2D eigenvalue weighted by Crippen LogP contribution is 2.17. The number of hydrogen-bond donors (Lipinski definition) is 3. The number of nitrogens with zero attached hydrogens (tertiary/aromatic N) is 1. The van der Waals surface area contributed by atoms with Crippen LogP contribution in [0, 0.1) is 0 Å². The number of carboxylic acids is 1. The predicted octanol–water partition coefficient (Wildman–Crippen LogP) is 0.940. The fraction of sp³-hybridized carbons (Fsp3) is 0.786. The molecule has 1 aliphatic carbocycles. The Hall–Kier alpha value is -1.63. The lowest BCUT2D eigenvalue weighted by molar-refractivity contribution is -0.139. The molecule has 21 heavy (non-hydrogen) atoms. The van der Waals surface area contributed by atoms with Crippen molar-refractivity contribution in [3.63, 3.8) is 0 Å². The predicted molar refractivity (Wildman–Crippen MR) is 77.9 cm³/mol. The van der Waals surface area contributed by atoms with Crippen LogP contribution < -0.4 is 10.6 Å². The number of carbonyl (C=O) groups excluding carboxylic acids is 2. The van der Waals surface area contributed by atoms with Crippen LogP contribution in [0.3, 0.4) is 0 Å². The molecular weight excluding hydrogens is 274 g/mol. The molecule has 1 unspecified atom stereocenters. The Balaban J connectivity index is 2.41. The van der Waals surface area contributed by atoms with Crippen molar-refractivity contribution in [1.82, 2.24) is 15.5 Å². The van der Waals surface area contributed by atoms with E-state index in [1.54, 1.807) is 4.90 Å². The Labute approximate surface area is 125 Å². The van der Waals surface area contributed by atoms with Crippen molar-refractivity contribution in [2.24, 2.45) is 0 Å². The summed E-state index contributed by atoms with van der Waals surface area (Å²) in [7, 11) is 0. The van der Waals surface area contributed by atoms with Crippen LogP contribution in [-0.4, -0.2) is 53.1 Å². The first-order valence-electron chi connectivity index (χ1n) is 7.48. The number of hydrogen-bond acceptors (Lipinski definition) is 4. The molecule has 120 valence electrons. The first-order valence-corrected chi connectivity index (χ1v) is 7.48. The zero-order valence-corrected chi connectivity index (χ0v) is 12.7. The van der Waals surface area contributed by atoms with Crippen LogP contribution in [0.1, 0.15) is 46.0 Å². The van der Waals surface area contributed by atoms with E-state index in [9.17, 15) is 14.4 Å². The average Bonchev–Trinajstić information content (AvgIpc) is 2.88. The molecule has 1 atom stereocenters. The van der Waals surface area contributed by atoms with Crippen LogP contribution in [0.15, 0.2) is 0 Å². The summed E-state index contributed by atoms with van der Waals surface area (Å²) < 4.78 is 0. The molecule has 0 aliphatic heterocycles. The van der Waals surface area contributed by atoms with Crippen LogP contribution in [0.25, 0.3) is 0 Å². The number of aliphatic carboxylic acids is 1. The fourth-order valence-electron chi connectivity index (χ4n) is 2.44. The molecule has 3 amide bonds. The number of carbonyl (C=O) groups is 3. The van der Waals surface area contributed by atoms with Gasteiger partial charge in [0.25, 0.3) is 0 Å². The zero-order valence-electron chi connectivity index (χ0n) is 12.7. The van der Waals surface area contributed by atoms with Gasteiger partial charge in [0.05, 0.1) is 13.1 Å². The van der Waals surface area contributed by atoms with Crippen molar-refractivity contribution in [2.45, 2.75) is 58.0 Å².